The Balaban J connectivity index is -0.0000000200. The van der Waals surface area contributed by atoms with Gasteiger partial charge in [-0.15, -0.1) is 0 Å². The predicted octanol–water partition coefficient (Wildman–Crippen LogP) is -0.757. The summed E-state index contributed by atoms with van der Waals surface area (Å²) in [4.78, 5) is 0. The van der Waals surface area contributed by atoms with E-state index in [9.17, 15) is 0 Å². The lowest BCUT2D eigenvalue weighted by Crippen LogP contribution is -1.45. The molecule has 1 radical (unpaired) electrons. The highest BCUT2D eigenvalue weighted by Crippen LogP contribution is 1.54. The van der Waals surface area contributed by atoms with Crippen LogP contribution in [0.25, 0.3) is 0 Å². The molecular weight excluding hydrogens is 90.3 g/mol. The fraction of sp³-hybridized carbons (Fsp3) is 1.00. The van der Waals surface area contributed by atoms with Crippen LogP contribution < -0.4 is 0 Å². The van der Waals surface area contributed by atoms with E-state index in [0.717, 1.165) is 0 Å². The van der Waals surface area contributed by atoms with Crippen molar-refractivity contribution in [2.24, 2.45) is 0 Å². The van der Waals surface area contributed by atoms with Gasteiger partial charge in [-0.1, -0.05) is 6.82 Å². The van der Waals surface area contributed by atoms with Crippen LogP contribution in [0, 0.1) is 0 Å². The fourth-order valence-corrected chi connectivity index (χ4v) is 0. The quantitative estimate of drug-likeness (QED) is 0.357. The summed E-state index contributed by atoms with van der Waals surface area (Å²) < 4.78 is 0. The maximum Gasteiger partial charge on any atom is 0.235 e. The average Bonchev–Trinajstić information content (AvgIpc) is 0.918. The van der Waals surface area contributed by atoms with E-state index in [0.29, 0.717) is 0 Å². The van der Waals surface area contributed by atoms with E-state index in [1.165, 1.54) is 6.69 Å². The maximum atomic E-state index is 4.87. The van der Waals surface area contributed by atoms with Crippen molar-refractivity contribution in [2.75, 3.05) is 0 Å². The van der Waals surface area contributed by atoms with E-state index >= 15 is 0 Å². The number of rotatable bonds is 0. The predicted molar refractivity (Wildman–Crippen MR) is 24.7 cm³/mol. The second-order valence-electron chi connectivity index (χ2n) is 0.218. The molecule has 0 atom stereocenters. The second kappa shape index (κ2) is 28.2. The molecule has 2 nitrogen and oxygen atoms in total. The minimum Gasteiger partial charge on any atom is -0.412 e. The Kier molecular flexibility index (Phi) is 105. The van der Waals surface area contributed by atoms with Crippen LogP contribution in [-0.2, 0) is 0 Å². The van der Waals surface area contributed by atoms with Crippen LogP contribution in [0.4, 0.5) is 0 Å². The molecule has 0 saturated heterocycles. The molecule has 0 heterocycles. The van der Waals surface area contributed by atoms with Crippen LogP contribution in [0.1, 0.15) is 0 Å². The number of hydrogen-bond donors (Lipinski definition) is 0. The standard InChI is InChI=1S/CH3BCl.2H2O/c1-2-3;;/h1H3;2*1H2. The van der Waals surface area contributed by atoms with Gasteiger partial charge in [-0.05, 0) is 0 Å². The van der Waals surface area contributed by atoms with Crippen LogP contribution in [0.15, 0.2) is 0 Å². The molecule has 0 aliphatic rings. The molecule has 0 unspecified atom stereocenters. The molecule has 0 fully saturated rings. The SMILES string of the molecule is C[B]Cl.O.O. The Hall–Kier alpha value is 0.275. The highest BCUT2D eigenvalue weighted by atomic mass is 35.5. The Morgan fingerprint density at radius 3 is 1.40 bits per heavy atom. The van der Waals surface area contributed by atoms with E-state index in [-0.39, 0.29) is 11.0 Å². The molecule has 0 aliphatic heterocycles. The van der Waals surface area contributed by atoms with Crippen molar-refractivity contribution in [1.29, 1.82) is 0 Å². The lowest BCUT2D eigenvalue weighted by Gasteiger charge is -1.38. The van der Waals surface area contributed by atoms with Crippen molar-refractivity contribution in [3.63, 3.8) is 0 Å². The summed E-state index contributed by atoms with van der Waals surface area (Å²) in [6.07, 6.45) is 0. The van der Waals surface area contributed by atoms with Gasteiger partial charge in [0, 0.05) is 0 Å². The average molecular weight is 97.3 g/mol. The van der Waals surface area contributed by atoms with Crippen molar-refractivity contribution in [3.8, 4) is 0 Å². The van der Waals surface area contributed by atoms with Crippen molar-refractivity contribution >= 4 is 18.2 Å². The minimum absolute atomic E-state index is 0. The Labute approximate surface area is 36.9 Å². The molecule has 0 amide bonds. The molecule has 0 aliphatic carbocycles. The summed E-state index contributed by atoms with van der Waals surface area (Å²) in [5.41, 5.74) is 0. The summed E-state index contributed by atoms with van der Waals surface area (Å²) in [5, 5.41) is 0. The third-order valence-electron chi connectivity index (χ3n) is 0. The summed E-state index contributed by atoms with van der Waals surface area (Å²) in [6.45, 7) is 3.24. The van der Waals surface area contributed by atoms with Crippen LogP contribution >= 0.6 is 11.5 Å². The van der Waals surface area contributed by atoms with Gasteiger partial charge < -0.3 is 11.0 Å². The van der Waals surface area contributed by atoms with Crippen molar-refractivity contribution in [2.45, 2.75) is 6.82 Å². The van der Waals surface area contributed by atoms with E-state index in [4.69, 9.17) is 11.5 Å². The van der Waals surface area contributed by atoms with Gasteiger partial charge in [0.15, 0.2) is 0 Å². The normalized spacial score (nSPS) is 2.80. The molecular formula is CH7BClO2. The van der Waals surface area contributed by atoms with Gasteiger partial charge in [-0.2, -0.15) is 0 Å². The van der Waals surface area contributed by atoms with Crippen molar-refractivity contribution in [3.05, 3.63) is 0 Å². The van der Waals surface area contributed by atoms with Crippen molar-refractivity contribution in [1.82, 2.24) is 0 Å². The van der Waals surface area contributed by atoms with Gasteiger partial charge in [0.2, 0.25) is 6.69 Å². The van der Waals surface area contributed by atoms with Crippen LogP contribution in [0.3, 0.4) is 0 Å². The summed E-state index contributed by atoms with van der Waals surface area (Å²) in [7, 11) is 0. The molecule has 33 valence electrons. The Morgan fingerprint density at radius 1 is 1.40 bits per heavy atom. The zero-order valence-corrected chi connectivity index (χ0v) is 3.71. The lowest BCUT2D eigenvalue weighted by atomic mass is 10.2. The highest BCUT2D eigenvalue weighted by Gasteiger charge is 1.48. The third kappa shape index (κ3) is 293. The summed E-state index contributed by atoms with van der Waals surface area (Å²) in [6, 6.07) is 0. The molecule has 0 saturated carbocycles. The van der Waals surface area contributed by atoms with Gasteiger partial charge in [-0.25, -0.2) is 11.5 Å². The van der Waals surface area contributed by atoms with Crippen LogP contribution in [0.5, 0.6) is 0 Å². The minimum atomic E-state index is 0. The molecule has 4 heteroatoms. The molecule has 0 aromatic heterocycles. The van der Waals surface area contributed by atoms with Gasteiger partial charge >= 0.3 is 0 Å². The molecule has 0 rings (SSSR count). The Morgan fingerprint density at radius 2 is 1.40 bits per heavy atom. The zero-order chi connectivity index (χ0) is 2.71. The van der Waals surface area contributed by atoms with Gasteiger partial charge in [0.05, 0.1) is 0 Å². The first-order chi connectivity index (χ1) is 1.41. The zero-order valence-electron chi connectivity index (χ0n) is 2.96. The topological polar surface area (TPSA) is 63.0 Å². The van der Waals surface area contributed by atoms with E-state index < -0.39 is 0 Å². The number of halogens is 1. The van der Waals surface area contributed by atoms with E-state index in [1.807, 2.05) is 0 Å². The first-order valence-electron chi connectivity index (χ1n) is 0.796. The monoisotopic (exact) mass is 97.0 g/mol. The van der Waals surface area contributed by atoms with Gasteiger partial charge in [0.25, 0.3) is 0 Å². The molecule has 0 spiro atoms. The van der Waals surface area contributed by atoms with Gasteiger partial charge in [0.1, 0.15) is 0 Å². The van der Waals surface area contributed by atoms with E-state index in [2.05, 4.69) is 0 Å². The second-order valence-corrected chi connectivity index (χ2v) is 0.655. The molecule has 5 heavy (non-hydrogen) atoms. The molecule has 0 bridgehead atoms. The Bertz CT molecular complexity index is 9.61. The maximum absolute atomic E-state index is 4.87. The summed E-state index contributed by atoms with van der Waals surface area (Å²) >= 11 is 4.87. The molecule has 4 N–H and O–H groups in total. The molecule has 0 aromatic rings. The third-order valence-corrected chi connectivity index (χ3v) is 0. The van der Waals surface area contributed by atoms with Gasteiger partial charge in [-0.3, -0.25) is 0 Å². The first-order valence-corrected chi connectivity index (χ1v) is 1.23. The van der Waals surface area contributed by atoms with E-state index in [1.54, 1.807) is 6.82 Å². The highest BCUT2D eigenvalue weighted by molar-refractivity contribution is 6.92. The van der Waals surface area contributed by atoms with Crippen LogP contribution in [-0.4, -0.2) is 17.6 Å². The van der Waals surface area contributed by atoms with Crippen molar-refractivity contribution < 1.29 is 11.0 Å². The first kappa shape index (κ1) is 18.6. The fourth-order valence-electron chi connectivity index (χ4n) is 0. The smallest absolute Gasteiger partial charge is 0.235 e. The van der Waals surface area contributed by atoms with Crippen LogP contribution in [0.2, 0.25) is 6.82 Å². The summed E-state index contributed by atoms with van der Waals surface area (Å²) in [5.74, 6) is 0. The lowest BCUT2D eigenvalue weighted by molar-refractivity contribution is 0.823. The largest absolute Gasteiger partial charge is 0.412 e. The number of hydrogen-bond acceptors (Lipinski definition) is 0. The molecule has 0 aromatic carbocycles.